The molecule has 4 rings (SSSR count). The summed E-state index contributed by atoms with van der Waals surface area (Å²) in [6.45, 7) is 1.83. The molecule has 0 aliphatic rings. The number of amides is 1. The quantitative estimate of drug-likeness (QED) is 0.361. The maximum Gasteiger partial charge on any atom is 0.413 e. The van der Waals surface area contributed by atoms with Crippen molar-refractivity contribution in [2.75, 3.05) is 12.4 Å². The summed E-state index contributed by atoms with van der Waals surface area (Å²) in [5.74, 6) is 0.192. The van der Waals surface area contributed by atoms with Crippen molar-refractivity contribution in [3.05, 3.63) is 83.5 Å². The van der Waals surface area contributed by atoms with Crippen LogP contribution in [-0.2, 0) is 16.5 Å². The van der Waals surface area contributed by atoms with Gasteiger partial charge in [0.05, 0.1) is 13.4 Å². The van der Waals surface area contributed by atoms with Crippen LogP contribution in [0.5, 0.6) is 0 Å². The molecule has 0 aliphatic heterocycles. The zero-order valence-electron chi connectivity index (χ0n) is 18.4. The van der Waals surface area contributed by atoms with Gasteiger partial charge in [-0.25, -0.2) is 14.6 Å². The standard InChI is InChI=1S/C25H23N3O4S/c1-16(17-7-5-4-6-8-17)32-25(30)27-23-22(26-15-28(23)2)19-11-9-18(10-12-19)20-13-14-21(33-20)24(29)31-3/h4-16H,1-3H3,(H,27,30). The van der Waals surface area contributed by atoms with E-state index < -0.39 is 6.09 Å². The number of esters is 1. The Morgan fingerprint density at radius 1 is 1.00 bits per heavy atom. The molecule has 0 spiro atoms. The van der Waals surface area contributed by atoms with Crippen LogP contribution in [0.1, 0.15) is 28.3 Å². The van der Waals surface area contributed by atoms with E-state index in [9.17, 15) is 9.59 Å². The van der Waals surface area contributed by atoms with Crippen molar-refractivity contribution in [2.45, 2.75) is 13.0 Å². The van der Waals surface area contributed by atoms with Gasteiger partial charge in [0.2, 0.25) is 0 Å². The lowest BCUT2D eigenvalue weighted by molar-refractivity contribution is 0.0606. The zero-order valence-corrected chi connectivity index (χ0v) is 19.3. The molecule has 0 radical (unpaired) electrons. The van der Waals surface area contributed by atoms with E-state index in [1.54, 1.807) is 24.0 Å². The van der Waals surface area contributed by atoms with Crippen molar-refractivity contribution < 1.29 is 19.1 Å². The molecule has 1 N–H and O–H groups in total. The first-order valence-electron chi connectivity index (χ1n) is 10.3. The highest BCUT2D eigenvalue weighted by molar-refractivity contribution is 7.17. The molecular formula is C25H23N3O4S. The molecule has 0 fully saturated rings. The number of carbonyl (C=O) groups is 2. The molecule has 0 saturated carbocycles. The van der Waals surface area contributed by atoms with E-state index >= 15 is 0 Å². The highest BCUT2D eigenvalue weighted by Gasteiger charge is 2.18. The van der Waals surface area contributed by atoms with Gasteiger partial charge in [-0.3, -0.25) is 5.32 Å². The molecule has 7 nitrogen and oxygen atoms in total. The van der Waals surface area contributed by atoms with Crippen molar-refractivity contribution >= 4 is 29.2 Å². The van der Waals surface area contributed by atoms with Gasteiger partial charge in [-0.05, 0) is 30.2 Å². The minimum absolute atomic E-state index is 0.347. The van der Waals surface area contributed by atoms with Crippen LogP contribution in [0.4, 0.5) is 10.6 Å². The number of aromatic nitrogens is 2. The predicted molar refractivity (Wildman–Crippen MR) is 128 cm³/mol. The highest BCUT2D eigenvalue weighted by Crippen LogP contribution is 2.32. The Balaban J connectivity index is 1.50. The third kappa shape index (κ3) is 4.96. The number of anilines is 1. The molecular weight excluding hydrogens is 438 g/mol. The topological polar surface area (TPSA) is 82.5 Å². The predicted octanol–water partition coefficient (Wildman–Crippen LogP) is 5.91. The molecule has 0 saturated heterocycles. The number of carbonyl (C=O) groups excluding carboxylic acids is 2. The third-order valence-corrected chi connectivity index (χ3v) is 6.26. The Morgan fingerprint density at radius 2 is 1.70 bits per heavy atom. The first-order valence-corrected chi connectivity index (χ1v) is 11.1. The largest absolute Gasteiger partial charge is 0.465 e. The average Bonchev–Trinajstić information content (AvgIpc) is 3.47. The number of nitrogens with zero attached hydrogens (tertiary/aromatic N) is 2. The number of methoxy groups -OCH3 is 1. The second kappa shape index (κ2) is 9.70. The van der Waals surface area contributed by atoms with E-state index in [-0.39, 0.29) is 12.1 Å². The van der Waals surface area contributed by atoms with Gasteiger partial charge in [0.15, 0.2) is 0 Å². The van der Waals surface area contributed by atoms with Gasteiger partial charge in [0, 0.05) is 17.5 Å². The fourth-order valence-corrected chi connectivity index (χ4v) is 4.29. The van der Waals surface area contributed by atoms with E-state index in [1.807, 2.05) is 67.6 Å². The van der Waals surface area contributed by atoms with Crippen molar-refractivity contribution in [2.24, 2.45) is 7.05 Å². The van der Waals surface area contributed by atoms with Crippen LogP contribution < -0.4 is 5.32 Å². The van der Waals surface area contributed by atoms with E-state index in [2.05, 4.69) is 10.3 Å². The number of imidazole rings is 1. The fraction of sp³-hybridized carbons (Fsp3) is 0.160. The number of aryl methyl sites for hydroxylation is 1. The van der Waals surface area contributed by atoms with Gasteiger partial charge in [0.25, 0.3) is 0 Å². The maximum atomic E-state index is 12.5. The Labute approximate surface area is 195 Å². The van der Waals surface area contributed by atoms with Gasteiger partial charge < -0.3 is 14.0 Å². The van der Waals surface area contributed by atoms with Gasteiger partial charge in [-0.2, -0.15) is 0 Å². The SMILES string of the molecule is COC(=O)c1ccc(-c2ccc(-c3ncn(C)c3NC(=O)OC(C)c3ccccc3)cc2)s1. The molecule has 33 heavy (non-hydrogen) atoms. The minimum Gasteiger partial charge on any atom is -0.465 e. The Kier molecular flexibility index (Phi) is 6.55. The summed E-state index contributed by atoms with van der Waals surface area (Å²) in [6, 6.07) is 21.0. The number of rotatable bonds is 6. The van der Waals surface area contributed by atoms with Crippen LogP contribution in [0.25, 0.3) is 21.7 Å². The molecule has 2 aromatic carbocycles. The van der Waals surface area contributed by atoms with Gasteiger partial charge >= 0.3 is 12.1 Å². The Hall–Kier alpha value is -3.91. The van der Waals surface area contributed by atoms with Crippen LogP contribution in [0.2, 0.25) is 0 Å². The van der Waals surface area contributed by atoms with Crippen LogP contribution in [-0.4, -0.2) is 28.7 Å². The summed E-state index contributed by atoms with van der Waals surface area (Å²) in [4.78, 5) is 30.2. The smallest absolute Gasteiger partial charge is 0.413 e. The summed E-state index contributed by atoms with van der Waals surface area (Å²) in [5, 5.41) is 2.82. The molecule has 168 valence electrons. The molecule has 1 atom stereocenters. The monoisotopic (exact) mass is 461 g/mol. The van der Waals surface area contributed by atoms with Crippen LogP contribution >= 0.6 is 11.3 Å². The number of hydrogen-bond donors (Lipinski definition) is 1. The average molecular weight is 462 g/mol. The van der Waals surface area contributed by atoms with E-state index in [4.69, 9.17) is 9.47 Å². The number of thiophene rings is 1. The second-order valence-electron chi connectivity index (χ2n) is 7.37. The van der Waals surface area contributed by atoms with E-state index in [0.717, 1.165) is 21.6 Å². The second-order valence-corrected chi connectivity index (χ2v) is 8.45. The summed E-state index contributed by atoms with van der Waals surface area (Å²) in [7, 11) is 3.17. The summed E-state index contributed by atoms with van der Waals surface area (Å²) in [5.41, 5.74) is 3.36. The molecule has 2 aromatic heterocycles. The summed E-state index contributed by atoms with van der Waals surface area (Å²) >= 11 is 1.37. The zero-order chi connectivity index (χ0) is 23.4. The van der Waals surface area contributed by atoms with Crippen molar-refractivity contribution in [1.82, 2.24) is 9.55 Å². The first kappa shape index (κ1) is 22.3. The lowest BCUT2D eigenvalue weighted by atomic mass is 10.1. The summed E-state index contributed by atoms with van der Waals surface area (Å²) in [6.07, 6.45) is 0.700. The normalized spacial score (nSPS) is 11.6. The molecule has 2 heterocycles. The lowest BCUT2D eigenvalue weighted by Crippen LogP contribution is -2.18. The van der Waals surface area contributed by atoms with E-state index in [0.29, 0.717) is 16.4 Å². The van der Waals surface area contributed by atoms with Crippen molar-refractivity contribution in [3.8, 4) is 21.7 Å². The van der Waals surface area contributed by atoms with Crippen LogP contribution in [0.15, 0.2) is 73.1 Å². The molecule has 1 amide bonds. The Bertz CT molecular complexity index is 1260. The Morgan fingerprint density at radius 3 is 2.39 bits per heavy atom. The van der Waals surface area contributed by atoms with Crippen LogP contribution in [0.3, 0.4) is 0 Å². The van der Waals surface area contributed by atoms with Gasteiger partial charge in [-0.15, -0.1) is 11.3 Å². The van der Waals surface area contributed by atoms with Crippen molar-refractivity contribution in [1.29, 1.82) is 0 Å². The lowest BCUT2D eigenvalue weighted by Gasteiger charge is -2.15. The molecule has 8 heteroatoms. The number of ether oxygens (including phenoxy) is 2. The number of hydrogen-bond acceptors (Lipinski definition) is 6. The van der Waals surface area contributed by atoms with Gasteiger partial charge in [-0.1, -0.05) is 54.6 Å². The fourth-order valence-electron chi connectivity index (χ4n) is 3.36. The summed E-state index contributed by atoms with van der Waals surface area (Å²) < 4.78 is 12.0. The molecule has 0 aliphatic carbocycles. The molecule has 0 bridgehead atoms. The highest BCUT2D eigenvalue weighted by atomic mass is 32.1. The van der Waals surface area contributed by atoms with Crippen LogP contribution in [0, 0.1) is 0 Å². The minimum atomic E-state index is -0.554. The third-order valence-electron chi connectivity index (χ3n) is 5.15. The number of nitrogens with one attached hydrogen (secondary N) is 1. The van der Waals surface area contributed by atoms with Crippen molar-refractivity contribution in [3.63, 3.8) is 0 Å². The van der Waals surface area contributed by atoms with E-state index in [1.165, 1.54) is 18.4 Å². The van der Waals surface area contributed by atoms with Gasteiger partial charge in [0.1, 0.15) is 22.5 Å². The maximum absolute atomic E-state index is 12.5. The molecule has 4 aromatic rings. The number of benzene rings is 2. The first-order chi connectivity index (χ1) is 16.0. The molecule has 1 unspecified atom stereocenters.